The predicted octanol–water partition coefficient (Wildman–Crippen LogP) is -0.340. The second-order valence-electron chi connectivity index (χ2n) is 7.41. The maximum Gasteiger partial charge on any atom is 0.317 e. The number of piperidine rings is 1. The molecule has 0 aromatic carbocycles. The predicted molar refractivity (Wildman–Crippen MR) is 90.1 cm³/mol. The zero-order valence-corrected chi connectivity index (χ0v) is 14.6. The maximum absolute atomic E-state index is 12.5. The molecule has 1 spiro atoms. The number of urea groups is 1. The van der Waals surface area contributed by atoms with Crippen molar-refractivity contribution in [1.82, 2.24) is 35.4 Å². The van der Waals surface area contributed by atoms with Gasteiger partial charge in [-0.15, -0.1) is 5.10 Å². The zero-order chi connectivity index (χ0) is 17.4. The highest BCUT2D eigenvalue weighted by Gasteiger charge is 2.53. The summed E-state index contributed by atoms with van der Waals surface area (Å²) in [7, 11) is 1.78. The van der Waals surface area contributed by atoms with E-state index >= 15 is 0 Å². The third-order valence-electron chi connectivity index (χ3n) is 5.72. The molecule has 0 bridgehead atoms. The highest BCUT2D eigenvalue weighted by Crippen LogP contribution is 2.30. The van der Waals surface area contributed by atoms with E-state index in [0.717, 1.165) is 19.5 Å². The van der Waals surface area contributed by atoms with E-state index in [1.807, 2.05) is 0 Å². The summed E-state index contributed by atoms with van der Waals surface area (Å²) in [5.41, 5.74) is 0.126. The Morgan fingerprint density at radius 3 is 2.92 bits per heavy atom. The lowest BCUT2D eigenvalue weighted by Gasteiger charge is -2.50. The fourth-order valence-electron chi connectivity index (χ4n) is 3.95. The molecule has 4 heterocycles. The minimum atomic E-state index is -0.255. The van der Waals surface area contributed by atoms with Crippen LogP contribution < -0.4 is 10.6 Å². The molecule has 1 unspecified atom stereocenters. The van der Waals surface area contributed by atoms with Crippen molar-refractivity contribution in [2.45, 2.75) is 43.8 Å². The Morgan fingerprint density at radius 1 is 1.40 bits per heavy atom. The van der Waals surface area contributed by atoms with Gasteiger partial charge in [-0.2, -0.15) is 0 Å². The third-order valence-corrected chi connectivity index (χ3v) is 5.72. The minimum Gasteiger partial charge on any atom is -0.335 e. The summed E-state index contributed by atoms with van der Waals surface area (Å²) in [6.07, 6.45) is 6.48. The smallest absolute Gasteiger partial charge is 0.317 e. The van der Waals surface area contributed by atoms with Gasteiger partial charge in [0.2, 0.25) is 0 Å². The number of nitrogens with zero attached hydrogens (tertiary/aromatic N) is 5. The van der Waals surface area contributed by atoms with Crippen LogP contribution in [0.1, 0.15) is 36.2 Å². The van der Waals surface area contributed by atoms with Gasteiger partial charge in [-0.1, -0.05) is 11.6 Å². The van der Waals surface area contributed by atoms with E-state index < -0.39 is 0 Å². The highest BCUT2D eigenvalue weighted by molar-refractivity contribution is 5.93. The van der Waals surface area contributed by atoms with Gasteiger partial charge in [0.1, 0.15) is 0 Å². The van der Waals surface area contributed by atoms with Gasteiger partial charge in [0.05, 0.1) is 11.7 Å². The molecule has 2 N–H and O–H groups in total. The molecule has 1 aromatic rings. The van der Waals surface area contributed by atoms with Crippen molar-refractivity contribution in [2.24, 2.45) is 0 Å². The molecule has 9 heteroatoms. The molecule has 136 valence electrons. The van der Waals surface area contributed by atoms with Gasteiger partial charge in [0.25, 0.3) is 5.91 Å². The van der Waals surface area contributed by atoms with Crippen LogP contribution in [0.2, 0.25) is 0 Å². The summed E-state index contributed by atoms with van der Waals surface area (Å²) in [6.45, 7) is 3.53. The van der Waals surface area contributed by atoms with Crippen LogP contribution in [0.3, 0.4) is 0 Å². The number of carbonyl (C=O) groups is 2. The SMILES string of the molecule is CN1C(=O)NCC12CN(C(=O)c1cn(CCC3CCCCN3)nn1)C2. The van der Waals surface area contributed by atoms with Crippen molar-refractivity contribution in [3.05, 3.63) is 11.9 Å². The molecule has 0 aliphatic carbocycles. The number of likely N-dealkylation sites (tertiary alicyclic amines) is 1. The highest BCUT2D eigenvalue weighted by atomic mass is 16.2. The Kier molecular flexibility index (Phi) is 4.10. The van der Waals surface area contributed by atoms with E-state index in [9.17, 15) is 9.59 Å². The number of likely N-dealkylation sites (N-methyl/N-ethyl adjacent to an activating group) is 1. The largest absolute Gasteiger partial charge is 0.335 e. The number of carbonyl (C=O) groups excluding carboxylic acids is 2. The Bertz CT molecular complexity index is 661. The topological polar surface area (TPSA) is 95.4 Å². The maximum atomic E-state index is 12.5. The van der Waals surface area contributed by atoms with Crippen LogP contribution in [0.5, 0.6) is 0 Å². The van der Waals surface area contributed by atoms with Crippen molar-refractivity contribution in [3.8, 4) is 0 Å². The van der Waals surface area contributed by atoms with E-state index in [0.29, 0.717) is 31.4 Å². The van der Waals surface area contributed by atoms with Gasteiger partial charge in [-0.25, -0.2) is 4.79 Å². The molecule has 1 atom stereocenters. The summed E-state index contributed by atoms with van der Waals surface area (Å²) >= 11 is 0. The van der Waals surface area contributed by atoms with Crippen LogP contribution in [0.25, 0.3) is 0 Å². The number of rotatable bonds is 4. The molecule has 3 aliphatic rings. The zero-order valence-electron chi connectivity index (χ0n) is 14.6. The van der Waals surface area contributed by atoms with Crippen LogP contribution >= 0.6 is 0 Å². The molecule has 1 aromatic heterocycles. The minimum absolute atomic E-state index is 0.0747. The summed E-state index contributed by atoms with van der Waals surface area (Å²) in [6, 6.07) is 0.463. The molecule has 3 saturated heterocycles. The third kappa shape index (κ3) is 2.97. The molecule has 3 fully saturated rings. The van der Waals surface area contributed by atoms with E-state index in [-0.39, 0.29) is 17.5 Å². The molecule has 25 heavy (non-hydrogen) atoms. The Labute approximate surface area is 146 Å². The molecule has 3 aliphatic heterocycles. The van der Waals surface area contributed by atoms with Crippen LogP contribution in [0.4, 0.5) is 4.79 Å². The quantitative estimate of drug-likeness (QED) is 0.777. The molecule has 3 amide bonds. The van der Waals surface area contributed by atoms with Gasteiger partial charge >= 0.3 is 6.03 Å². The lowest BCUT2D eigenvalue weighted by Crippen LogP contribution is -2.70. The average Bonchev–Trinajstić information content (AvgIpc) is 3.18. The Balaban J connectivity index is 1.30. The van der Waals surface area contributed by atoms with Crippen molar-refractivity contribution in [1.29, 1.82) is 0 Å². The van der Waals surface area contributed by atoms with Crippen LogP contribution in [0, 0.1) is 0 Å². The molecular weight excluding hydrogens is 322 g/mol. The lowest BCUT2D eigenvalue weighted by atomic mass is 9.89. The summed E-state index contributed by atoms with van der Waals surface area (Å²) in [5.74, 6) is -0.111. The average molecular weight is 347 g/mol. The summed E-state index contributed by atoms with van der Waals surface area (Å²) < 4.78 is 1.76. The van der Waals surface area contributed by atoms with Crippen molar-refractivity contribution in [3.63, 3.8) is 0 Å². The monoisotopic (exact) mass is 347 g/mol. The van der Waals surface area contributed by atoms with Gasteiger partial charge in [-0.05, 0) is 25.8 Å². The van der Waals surface area contributed by atoms with Gasteiger partial charge in [0.15, 0.2) is 5.69 Å². The van der Waals surface area contributed by atoms with E-state index in [1.54, 1.807) is 27.7 Å². The first kappa shape index (κ1) is 16.3. The molecule has 0 saturated carbocycles. The van der Waals surface area contributed by atoms with E-state index in [1.165, 1.54) is 19.3 Å². The van der Waals surface area contributed by atoms with Crippen LogP contribution in [-0.4, -0.2) is 81.5 Å². The Morgan fingerprint density at radius 2 is 2.24 bits per heavy atom. The first-order chi connectivity index (χ1) is 12.1. The number of aromatic nitrogens is 3. The van der Waals surface area contributed by atoms with Crippen LogP contribution in [0.15, 0.2) is 6.20 Å². The van der Waals surface area contributed by atoms with Crippen molar-refractivity contribution in [2.75, 3.05) is 33.2 Å². The fraction of sp³-hybridized carbons (Fsp3) is 0.750. The van der Waals surface area contributed by atoms with Gasteiger partial charge in [0, 0.05) is 39.3 Å². The van der Waals surface area contributed by atoms with Crippen LogP contribution in [-0.2, 0) is 6.54 Å². The standard InChI is InChI=1S/C16H25N7O2/c1-21-15(25)18-9-16(21)10-22(11-16)14(24)13-8-23(20-19-13)7-5-12-4-2-3-6-17-12/h8,12,17H,2-7,9-11H2,1H3,(H,18,25). The normalized spacial score (nSPS) is 25.2. The van der Waals surface area contributed by atoms with E-state index in [4.69, 9.17) is 0 Å². The summed E-state index contributed by atoms with van der Waals surface area (Å²) in [5, 5.41) is 14.5. The molecule has 4 rings (SSSR count). The first-order valence-electron chi connectivity index (χ1n) is 9.02. The number of hydrogen-bond acceptors (Lipinski definition) is 5. The number of amides is 3. The lowest BCUT2D eigenvalue weighted by molar-refractivity contribution is 0.00734. The first-order valence-corrected chi connectivity index (χ1v) is 9.02. The second kappa shape index (κ2) is 6.29. The van der Waals surface area contributed by atoms with Crippen molar-refractivity contribution >= 4 is 11.9 Å². The number of hydrogen-bond donors (Lipinski definition) is 2. The van der Waals surface area contributed by atoms with Gasteiger partial charge < -0.3 is 20.4 Å². The number of aryl methyl sites for hydroxylation is 1. The summed E-state index contributed by atoms with van der Waals surface area (Å²) in [4.78, 5) is 27.6. The fourth-order valence-corrected chi connectivity index (χ4v) is 3.95. The Hall–Kier alpha value is -2.16. The second-order valence-corrected chi connectivity index (χ2v) is 7.41. The van der Waals surface area contributed by atoms with E-state index in [2.05, 4.69) is 20.9 Å². The number of nitrogens with one attached hydrogen (secondary N) is 2. The molecular formula is C16H25N7O2. The molecule has 0 radical (unpaired) electrons. The molecule has 9 nitrogen and oxygen atoms in total. The van der Waals surface area contributed by atoms with Crippen molar-refractivity contribution < 1.29 is 9.59 Å². The van der Waals surface area contributed by atoms with Gasteiger partial charge in [-0.3, -0.25) is 9.48 Å².